The smallest absolute Gasteiger partial charge is 0.416 e. The van der Waals surface area contributed by atoms with Crippen LogP contribution in [-0.4, -0.2) is 41.1 Å². The molecule has 2 aliphatic rings. The highest BCUT2D eigenvalue weighted by atomic mass is 127. The van der Waals surface area contributed by atoms with Crippen molar-refractivity contribution < 1.29 is 37.7 Å². The van der Waals surface area contributed by atoms with E-state index in [-0.39, 0.29) is 42.7 Å². The number of hydrogen-bond acceptors (Lipinski definition) is 5. The molecule has 1 saturated carbocycles. The lowest BCUT2D eigenvalue weighted by atomic mass is 9.91. The van der Waals surface area contributed by atoms with Crippen molar-refractivity contribution in [3.8, 4) is 5.75 Å². The van der Waals surface area contributed by atoms with Crippen LogP contribution >= 0.6 is 22.6 Å². The Labute approximate surface area is 167 Å². The molecule has 3 rings (SSSR count). The number of esters is 1. The van der Waals surface area contributed by atoms with Gasteiger partial charge >= 0.3 is 12.1 Å². The van der Waals surface area contributed by atoms with E-state index in [1.807, 2.05) is 22.6 Å². The Kier molecular flexibility index (Phi) is 6.02. The van der Waals surface area contributed by atoms with Crippen LogP contribution in [0.2, 0.25) is 0 Å². The van der Waals surface area contributed by atoms with Gasteiger partial charge in [0.2, 0.25) is 0 Å². The van der Waals surface area contributed by atoms with Gasteiger partial charge in [0.05, 0.1) is 21.7 Å². The summed E-state index contributed by atoms with van der Waals surface area (Å²) < 4.78 is 49.3. The third-order valence-corrected chi connectivity index (χ3v) is 5.69. The molecule has 1 heterocycles. The van der Waals surface area contributed by atoms with Crippen molar-refractivity contribution in [3.05, 3.63) is 39.5 Å². The van der Waals surface area contributed by atoms with Crippen LogP contribution in [0.4, 0.5) is 13.2 Å². The van der Waals surface area contributed by atoms with Crippen LogP contribution < -0.4 is 4.74 Å². The van der Waals surface area contributed by atoms with E-state index in [0.717, 1.165) is 12.1 Å². The largest absolute Gasteiger partial charge is 0.489 e. The van der Waals surface area contributed by atoms with Crippen molar-refractivity contribution in [2.45, 2.75) is 37.3 Å². The minimum atomic E-state index is -4.48. The van der Waals surface area contributed by atoms with E-state index in [9.17, 15) is 28.2 Å². The molecule has 5 unspecified atom stereocenters. The molecule has 5 nitrogen and oxygen atoms in total. The van der Waals surface area contributed by atoms with E-state index in [1.165, 1.54) is 12.1 Å². The van der Waals surface area contributed by atoms with Gasteiger partial charge in [0.1, 0.15) is 24.6 Å². The molecule has 1 saturated heterocycles. The molecule has 2 fully saturated rings. The second-order valence-corrected chi connectivity index (χ2v) is 7.85. The molecule has 5 atom stereocenters. The van der Waals surface area contributed by atoms with Crippen LogP contribution in [0.15, 0.2) is 30.4 Å². The zero-order valence-corrected chi connectivity index (χ0v) is 16.2. The average molecular weight is 498 g/mol. The first-order chi connectivity index (χ1) is 12.6. The van der Waals surface area contributed by atoms with E-state index in [2.05, 4.69) is 0 Å². The van der Waals surface area contributed by atoms with E-state index >= 15 is 0 Å². The van der Waals surface area contributed by atoms with Crippen LogP contribution in [-0.2, 0) is 15.7 Å². The highest BCUT2D eigenvalue weighted by Gasteiger charge is 2.48. The maximum Gasteiger partial charge on any atom is 0.416 e. The molecule has 0 bridgehead atoms. The Morgan fingerprint density at radius 3 is 2.85 bits per heavy atom. The maximum atomic E-state index is 12.8. The number of aliphatic hydroxyl groups is 2. The van der Waals surface area contributed by atoms with Crippen molar-refractivity contribution >= 4 is 28.6 Å². The summed E-state index contributed by atoms with van der Waals surface area (Å²) in [5.41, 5.74) is -0.825. The minimum Gasteiger partial charge on any atom is -0.489 e. The van der Waals surface area contributed by atoms with E-state index in [1.54, 1.807) is 6.08 Å². The summed E-state index contributed by atoms with van der Waals surface area (Å²) in [6.45, 7) is -0.236. The Hall–Kier alpha value is -1.33. The van der Waals surface area contributed by atoms with Crippen LogP contribution in [0.5, 0.6) is 5.75 Å². The first-order valence-electron chi connectivity index (χ1n) is 8.38. The monoisotopic (exact) mass is 498 g/mol. The predicted octanol–water partition coefficient (Wildman–Crippen LogP) is 2.92. The zero-order valence-electron chi connectivity index (χ0n) is 14.0. The second kappa shape index (κ2) is 7.96. The summed E-state index contributed by atoms with van der Waals surface area (Å²) in [5.74, 6) is -0.696. The number of carbonyl (C=O) groups is 1. The van der Waals surface area contributed by atoms with Gasteiger partial charge in [0, 0.05) is 18.3 Å². The number of ether oxygens (including phenoxy) is 2. The van der Waals surface area contributed by atoms with Crippen LogP contribution in [0.25, 0.3) is 0 Å². The highest BCUT2D eigenvalue weighted by Crippen LogP contribution is 2.42. The minimum absolute atomic E-state index is 0.0358. The second-order valence-electron chi connectivity index (χ2n) is 6.68. The molecule has 1 aliphatic carbocycles. The summed E-state index contributed by atoms with van der Waals surface area (Å²) in [6, 6.07) is 3.16. The molecule has 9 heteroatoms. The van der Waals surface area contributed by atoms with Crippen LogP contribution in [0.3, 0.4) is 0 Å². The maximum absolute atomic E-state index is 12.8. The molecule has 2 N–H and O–H groups in total. The lowest BCUT2D eigenvalue weighted by Gasteiger charge is -2.16. The molecule has 1 aromatic rings. The summed E-state index contributed by atoms with van der Waals surface area (Å²) in [6.07, 6.45) is -2.87. The first kappa shape index (κ1) is 20.4. The van der Waals surface area contributed by atoms with Crippen molar-refractivity contribution in [2.75, 3.05) is 6.61 Å². The van der Waals surface area contributed by atoms with Crippen molar-refractivity contribution in [1.29, 1.82) is 0 Å². The number of aliphatic hydroxyl groups excluding tert-OH is 2. The Bertz CT molecular complexity index is 736. The Balaban J connectivity index is 1.59. The number of hydrogen-bond donors (Lipinski definition) is 2. The number of rotatable bonds is 5. The zero-order chi connectivity index (χ0) is 19.8. The van der Waals surface area contributed by atoms with E-state index < -0.39 is 23.9 Å². The SMILES string of the molecule is O=C1CC2C(CC(O)C2C=CC(O)COc2cc(C(F)(F)F)ccc2I)O1. The molecular weight excluding hydrogens is 480 g/mol. The molecular formula is C18H18F3IO5. The van der Waals surface area contributed by atoms with Gasteiger partial charge in [-0.05, 0) is 40.8 Å². The van der Waals surface area contributed by atoms with Crippen molar-refractivity contribution in [1.82, 2.24) is 0 Å². The molecule has 0 aromatic heterocycles. The summed E-state index contributed by atoms with van der Waals surface area (Å²) >= 11 is 1.85. The predicted molar refractivity (Wildman–Crippen MR) is 96.9 cm³/mol. The normalized spacial score (nSPS) is 29.0. The van der Waals surface area contributed by atoms with Gasteiger partial charge < -0.3 is 19.7 Å². The van der Waals surface area contributed by atoms with Gasteiger partial charge in [0.25, 0.3) is 0 Å². The van der Waals surface area contributed by atoms with Gasteiger partial charge in [-0.25, -0.2) is 0 Å². The van der Waals surface area contributed by atoms with Gasteiger partial charge in [-0.3, -0.25) is 4.79 Å². The third kappa shape index (κ3) is 4.75. The molecule has 0 radical (unpaired) electrons. The number of halogens is 4. The fourth-order valence-corrected chi connectivity index (χ4v) is 3.96. The Morgan fingerprint density at radius 1 is 1.41 bits per heavy atom. The van der Waals surface area contributed by atoms with Gasteiger partial charge in [-0.2, -0.15) is 13.2 Å². The number of carbonyl (C=O) groups excluding carboxylic acids is 1. The standard InChI is InChI=1S/C18H18F3IO5/c19-18(20,21)9-1-4-13(22)16(5-9)26-8-10(23)2-3-11-12-6-17(25)27-15(12)7-14(11)24/h1-5,10-12,14-15,23-24H,6-8H2. The van der Waals surface area contributed by atoms with Crippen molar-refractivity contribution in [3.63, 3.8) is 0 Å². The van der Waals surface area contributed by atoms with E-state index in [0.29, 0.717) is 9.99 Å². The molecule has 0 spiro atoms. The molecule has 1 aromatic carbocycles. The topological polar surface area (TPSA) is 76.0 Å². The number of alkyl halides is 3. The molecule has 27 heavy (non-hydrogen) atoms. The summed E-state index contributed by atoms with van der Waals surface area (Å²) in [4.78, 5) is 11.4. The van der Waals surface area contributed by atoms with Crippen LogP contribution in [0.1, 0.15) is 18.4 Å². The number of fused-ring (bicyclic) bond motifs is 1. The fraction of sp³-hybridized carbons (Fsp3) is 0.500. The average Bonchev–Trinajstić information content (AvgIpc) is 3.06. The molecule has 1 aliphatic heterocycles. The van der Waals surface area contributed by atoms with Crippen molar-refractivity contribution in [2.24, 2.45) is 11.8 Å². The molecule has 0 amide bonds. The van der Waals surface area contributed by atoms with Gasteiger partial charge in [-0.15, -0.1) is 0 Å². The molecule has 148 valence electrons. The lowest BCUT2D eigenvalue weighted by molar-refractivity contribution is -0.142. The van der Waals surface area contributed by atoms with Crippen LogP contribution in [0, 0.1) is 15.4 Å². The Morgan fingerprint density at radius 2 is 2.15 bits per heavy atom. The lowest BCUT2D eigenvalue weighted by Crippen LogP contribution is -2.20. The highest BCUT2D eigenvalue weighted by molar-refractivity contribution is 14.1. The fourth-order valence-electron chi connectivity index (χ4n) is 3.46. The summed E-state index contributed by atoms with van der Waals surface area (Å²) in [7, 11) is 0. The van der Waals surface area contributed by atoms with Gasteiger partial charge in [0.15, 0.2) is 0 Å². The summed E-state index contributed by atoms with van der Waals surface area (Å²) in [5, 5.41) is 20.1. The van der Waals surface area contributed by atoms with Gasteiger partial charge in [-0.1, -0.05) is 12.2 Å². The number of benzene rings is 1. The van der Waals surface area contributed by atoms with E-state index in [4.69, 9.17) is 9.47 Å². The first-order valence-corrected chi connectivity index (χ1v) is 9.46. The quantitative estimate of drug-likeness (QED) is 0.371. The third-order valence-electron chi connectivity index (χ3n) is 4.80.